The van der Waals surface area contributed by atoms with Crippen molar-refractivity contribution in [3.8, 4) is 0 Å². The summed E-state index contributed by atoms with van der Waals surface area (Å²) in [6.45, 7) is 2.24. The Morgan fingerprint density at radius 1 is 1.25 bits per heavy atom. The molecule has 0 aromatic heterocycles. The molecule has 5 nitrogen and oxygen atoms in total. The molecule has 1 fully saturated rings. The maximum absolute atomic E-state index is 12.3. The summed E-state index contributed by atoms with van der Waals surface area (Å²) in [6, 6.07) is 5.08. The summed E-state index contributed by atoms with van der Waals surface area (Å²) in [4.78, 5) is 26.5. The van der Waals surface area contributed by atoms with Crippen LogP contribution < -0.4 is 0 Å². The third-order valence-electron chi connectivity index (χ3n) is 3.18. The number of carboxylic acids is 1. The number of aliphatic carboxylic acids is 1. The van der Waals surface area contributed by atoms with E-state index in [2.05, 4.69) is 15.9 Å². The lowest BCUT2D eigenvalue weighted by Crippen LogP contribution is -2.49. The summed E-state index contributed by atoms with van der Waals surface area (Å²) >= 11 is 9.20. The second-order valence-corrected chi connectivity index (χ2v) is 5.85. The van der Waals surface area contributed by atoms with Crippen LogP contribution in [0, 0.1) is 0 Å². The number of benzene rings is 1. The van der Waals surface area contributed by atoms with Crippen molar-refractivity contribution in [3.63, 3.8) is 0 Å². The van der Waals surface area contributed by atoms with E-state index in [9.17, 15) is 9.59 Å². The third kappa shape index (κ3) is 3.71. The Hall–Kier alpha value is -1.11. The second kappa shape index (κ2) is 6.56. The standard InChI is InChI=1S/C13H14BrClN2O3/c14-10-7-9(1-2-11(10)15)13(20)17-5-3-16(4-6-17)8-12(18)19/h1-2,7H,3-6,8H2,(H,18,19). The predicted molar refractivity (Wildman–Crippen MR) is 79.1 cm³/mol. The van der Waals surface area contributed by atoms with E-state index >= 15 is 0 Å². The van der Waals surface area contributed by atoms with Crippen LogP contribution in [0.25, 0.3) is 0 Å². The molecule has 0 bridgehead atoms. The summed E-state index contributed by atoms with van der Waals surface area (Å²) in [6.07, 6.45) is 0. The van der Waals surface area contributed by atoms with Gasteiger partial charge in [0, 0.05) is 36.2 Å². The fourth-order valence-electron chi connectivity index (χ4n) is 2.11. The molecule has 0 radical (unpaired) electrons. The highest BCUT2D eigenvalue weighted by Gasteiger charge is 2.23. The first kappa shape index (κ1) is 15.3. The van der Waals surface area contributed by atoms with Crippen LogP contribution in [0.3, 0.4) is 0 Å². The van der Waals surface area contributed by atoms with E-state index in [0.29, 0.717) is 41.2 Å². The van der Waals surface area contributed by atoms with Gasteiger partial charge in [0.05, 0.1) is 11.6 Å². The molecule has 0 saturated carbocycles. The van der Waals surface area contributed by atoms with E-state index < -0.39 is 5.97 Å². The van der Waals surface area contributed by atoms with Gasteiger partial charge in [-0.05, 0) is 34.1 Å². The van der Waals surface area contributed by atoms with Crippen molar-refractivity contribution in [1.29, 1.82) is 0 Å². The molecule has 1 N–H and O–H groups in total. The van der Waals surface area contributed by atoms with E-state index in [1.807, 2.05) is 4.90 Å². The normalized spacial score (nSPS) is 16.2. The Morgan fingerprint density at radius 3 is 2.45 bits per heavy atom. The number of carbonyl (C=O) groups excluding carboxylic acids is 1. The summed E-state index contributed by atoms with van der Waals surface area (Å²) in [5.74, 6) is -0.899. The molecule has 0 atom stereocenters. The Morgan fingerprint density at radius 2 is 1.90 bits per heavy atom. The summed E-state index contributed by atoms with van der Waals surface area (Å²) in [5, 5.41) is 9.30. The highest BCUT2D eigenvalue weighted by Crippen LogP contribution is 2.24. The quantitative estimate of drug-likeness (QED) is 0.894. The molecule has 1 heterocycles. The molecule has 2 rings (SSSR count). The fraction of sp³-hybridized carbons (Fsp3) is 0.385. The van der Waals surface area contributed by atoms with Crippen molar-refractivity contribution >= 4 is 39.4 Å². The fourth-order valence-corrected chi connectivity index (χ4v) is 2.61. The van der Waals surface area contributed by atoms with E-state index in [0.717, 1.165) is 0 Å². The van der Waals surface area contributed by atoms with Gasteiger partial charge in [-0.1, -0.05) is 11.6 Å². The van der Waals surface area contributed by atoms with E-state index in [4.69, 9.17) is 16.7 Å². The zero-order valence-corrected chi connectivity index (χ0v) is 13.0. The van der Waals surface area contributed by atoms with Gasteiger partial charge < -0.3 is 10.0 Å². The molecular formula is C13H14BrClN2O3. The van der Waals surface area contributed by atoms with Crippen LogP contribution in [-0.2, 0) is 4.79 Å². The lowest BCUT2D eigenvalue weighted by atomic mass is 10.2. The van der Waals surface area contributed by atoms with Crippen LogP contribution in [0.4, 0.5) is 0 Å². The third-order valence-corrected chi connectivity index (χ3v) is 4.40. The van der Waals surface area contributed by atoms with Crippen LogP contribution >= 0.6 is 27.5 Å². The first-order valence-electron chi connectivity index (χ1n) is 6.16. The van der Waals surface area contributed by atoms with E-state index in [1.54, 1.807) is 23.1 Å². The zero-order valence-electron chi connectivity index (χ0n) is 10.7. The summed E-state index contributed by atoms with van der Waals surface area (Å²) in [5.41, 5.74) is 0.577. The second-order valence-electron chi connectivity index (χ2n) is 4.59. The molecule has 7 heteroatoms. The van der Waals surface area contributed by atoms with Gasteiger partial charge in [-0.25, -0.2) is 0 Å². The van der Waals surface area contributed by atoms with Crippen molar-refractivity contribution < 1.29 is 14.7 Å². The molecule has 1 aliphatic rings. The lowest BCUT2D eigenvalue weighted by Gasteiger charge is -2.33. The SMILES string of the molecule is O=C(O)CN1CCN(C(=O)c2ccc(Cl)c(Br)c2)CC1. The highest BCUT2D eigenvalue weighted by atomic mass is 79.9. The average molecular weight is 362 g/mol. The first-order chi connectivity index (χ1) is 9.47. The molecule has 1 aromatic rings. The van der Waals surface area contributed by atoms with Gasteiger partial charge in [0.25, 0.3) is 5.91 Å². The number of nitrogens with zero attached hydrogens (tertiary/aromatic N) is 2. The zero-order chi connectivity index (χ0) is 14.7. The molecule has 108 valence electrons. The molecule has 20 heavy (non-hydrogen) atoms. The minimum Gasteiger partial charge on any atom is -0.480 e. The molecular weight excluding hydrogens is 348 g/mol. The first-order valence-corrected chi connectivity index (χ1v) is 7.33. The Kier molecular flexibility index (Phi) is 5.01. The monoisotopic (exact) mass is 360 g/mol. The van der Waals surface area contributed by atoms with Crippen molar-refractivity contribution in [2.24, 2.45) is 0 Å². The van der Waals surface area contributed by atoms with Crippen LogP contribution in [-0.4, -0.2) is 59.5 Å². The minimum absolute atomic E-state index is 0.0223. The largest absolute Gasteiger partial charge is 0.480 e. The van der Waals surface area contributed by atoms with Gasteiger partial charge in [0.2, 0.25) is 0 Å². The van der Waals surface area contributed by atoms with E-state index in [-0.39, 0.29) is 12.5 Å². The number of piperazine rings is 1. The highest BCUT2D eigenvalue weighted by molar-refractivity contribution is 9.10. The lowest BCUT2D eigenvalue weighted by molar-refractivity contribution is -0.138. The summed E-state index contributed by atoms with van der Waals surface area (Å²) < 4.78 is 0.689. The topological polar surface area (TPSA) is 60.9 Å². The number of hydrogen-bond donors (Lipinski definition) is 1. The van der Waals surface area contributed by atoms with Gasteiger partial charge in [-0.15, -0.1) is 0 Å². The average Bonchev–Trinajstić information content (AvgIpc) is 2.41. The van der Waals surface area contributed by atoms with Crippen LogP contribution in [0.1, 0.15) is 10.4 Å². The molecule has 1 saturated heterocycles. The van der Waals surface area contributed by atoms with Crippen molar-refractivity contribution in [1.82, 2.24) is 9.80 Å². The van der Waals surface area contributed by atoms with Crippen LogP contribution in [0.15, 0.2) is 22.7 Å². The molecule has 0 unspecified atom stereocenters. The number of hydrogen-bond acceptors (Lipinski definition) is 3. The minimum atomic E-state index is -0.841. The molecule has 1 aromatic carbocycles. The predicted octanol–water partition coefficient (Wildman–Crippen LogP) is 1.94. The van der Waals surface area contributed by atoms with Crippen molar-refractivity contribution in [2.45, 2.75) is 0 Å². The van der Waals surface area contributed by atoms with Crippen LogP contribution in [0.5, 0.6) is 0 Å². The molecule has 1 aliphatic heterocycles. The van der Waals surface area contributed by atoms with Gasteiger partial charge in [0.15, 0.2) is 0 Å². The Labute approximate surface area is 130 Å². The van der Waals surface area contributed by atoms with Crippen molar-refractivity contribution in [3.05, 3.63) is 33.3 Å². The number of carboxylic acid groups (broad SMARTS) is 1. The van der Waals surface area contributed by atoms with E-state index in [1.165, 1.54) is 0 Å². The van der Waals surface area contributed by atoms with Gasteiger partial charge in [-0.2, -0.15) is 0 Å². The van der Waals surface area contributed by atoms with Crippen LogP contribution in [0.2, 0.25) is 5.02 Å². The van der Waals surface area contributed by atoms with Crippen molar-refractivity contribution in [2.75, 3.05) is 32.7 Å². The molecule has 0 aliphatic carbocycles. The number of halogens is 2. The molecule has 1 amide bonds. The summed E-state index contributed by atoms with van der Waals surface area (Å²) in [7, 11) is 0. The van der Waals surface area contributed by atoms with Gasteiger partial charge >= 0.3 is 5.97 Å². The number of amides is 1. The Bertz CT molecular complexity index is 530. The maximum Gasteiger partial charge on any atom is 0.317 e. The Balaban J connectivity index is 1.97. The van der Waals surface area contributed by atoms with Gasteiger partial charge in [0.1, 0.15) is 0 Å². The molecule has 0 spiro atoms. The smallest absolute Gasteiger partial charge is 0.317 e. The van der Waals surface area contributed by atoms with Gasteiger partial charge in [-0.3, -0.25) is 14.5 Å². The number of carbonyl (C=O) groups is 2. The maximum atomic E-state index is 12.3. The number of rotatable bonds is 3.